The molecule has 1 saturated heterocycles. The number of ether oxygens (including phenoxy) is 1. The lowest BCUT2D eigenvalue weighted by atomic mass is 10.2. The van der Waals surface area contributed by atoms with E-state index in [1.54, 1.807) is 22.1 Å². The van der Waals surface area contributed by atoms with Crippen molar-refractivity contribution in [2.75, 3.05) is 18.5 Å². The highest BCUT2D eigenvalue weighted by Gasteiger charge is 2.21. The fourth-order valence-electron chi connectivity index (χ4n) is 3.35. The summed E-state index contributed by atoms with van der Waals surface area (Å²) in [5.74, 6) is 1.90. The lowest BCUT2D eigenvalue weighted by Gasteiger charge is -2.12. The fraction of sp³-hybridized carbons (Fsp3) is 0.389. The predicted octanol–water partition coefficient (Wildman–Crippen LogP) is 3.81. The van der Waals surface area contributed by atoms with E-state index in [4.69, 9.17) is 19.1 Å². The summed E-state index contributed by atoms with van der Waals surface area (Å²) in [5.41, 5.74) is 2.00. The van der Waals surface area contributed by atoms with Gasteiger partial charge in [0.25, 0.3) is 0 Å². The molecule has 5 rings (SSSR count). The molecule has 0 amide bonds. The van der Waals surface area contributed by atoms with Gasteiger partial charge in [0.2, 0.25) is 11.8 Å². The third kappa shape index (κ3) is 2.48. The van der Waals surface area contributed by atoms with E-state index in [0.717, 1.165) is 35.3 Å². The summed E-state index contributed by atoms with van der Waals surface area (Å²) in [4.78, 5) is 11.8. The molecule has 0 radical (unpaired) electrons. The Morgan fingerprint density at radius 2 is 2.27 bits per heavy atom. The molecule has 1 atom stereocenters. The molecule has 0 spiro atoms. The molecule has 0 aromatic carbocycles. The van der Waals surface area contributed by atoms with Crippen molar-refractivity contribution in [1.82, 2.24) is 19.6 Å². The molecule has 1 aliphatic heterocycles. The predicted molar refractivity (Wildman–Crippen MR) is 101 cm³/mol. The van der Waals surface area contributed by atoms with Gasteiger partial charge in [-0.25, -0.2) is 9.97 Å². The SMILES string of the molecule is Cc1sc2nc(NC[C@@H]3CCCO3)n3nc(-c4ccco4)nc3c2c1C. The van der Waals surface area contributed by atoms with Crippen LogP contribution in [0.15, 0.2) is 22.8 Å². The maximum Gasteiger partial charge on any atom is 0.227 e. The Bertz CT molecular complexity index is 1080. The third-order valence-corrected chi connectivity index (χ3v) is 5.96. The Morgan fingerprint density at radius 3 is 3.04 bits per heavy atom. The first kappa shape index (κ1) is 15.8. The monoisotopic (exact) mass is 369 g/mol. The summed E-state index contributed by atoms with van der Waals surface area (Å²) < 4.78 is 13.0. The molecular weight excluding hydrogens is 350 g/mol. The van der Waals surface area contributed by atoms with Gasteiger partial charge in [-0.15, -0.1) is 16.4 Å². The minimum Gasteiger partial charge on any atom is -0.461 e. The average molecular weight is 369 g/mol. The van der Waals surface area contributed by atoms with Crippen LogP contribution in [0, 0.1) is 13.8 Å². The number of nitrogens with one attached hydrogen (secondary N) is 1. The van der Waals surface area contributed by atoms with E-state index in [0.29, 0.717) is 24.1 Å². The highest BCUT2D eigenvalue weighted by molar-refractivity contribution is 7.18. The number of anilines is 1. The first-order valence-electron chi connectivity index (χ1n) is 8.76. The van der Waals surface area contributed by atoms with Crippen molar-refractivity contribution >= 4 is 33.1 Å². The molecule has 0 aliphatic carbocycles. The van der Waals surface area contributed by atoms with Crippen LogP contribution in [0.2, 0.25) is 0 Å². The summed E-state index contributed by atoms with van der Waals surface area (Å²) in [6.07, 6.45) is 4.04. The summed E-state index contributed by atoms with van der Waals surface area (Å²) in [7, 11) is 0. The van der Waals surface area contributed by atoms with E-state index in [2.05, 4.69) is 24.3 Å². The van der Waals surface area contributed by atoms with Gasteiger partial charge >= 0.3 is 0 Å². The second-order valence-corrected chi connectivity index (χ2v) is 7.77. The van der Waals surface area contributed by atoms with Gasteiger partial charge in [0.05, 0.1) is 17.8 Å². The van der Waals surface area contributed by atoms with Crippen molar-refractivity contribution in [2.45, 2.75) is 32.8 Å². The molecule has 134 valence electrons. The number of thiophene rings is 1. The molecule has 1 fully saturated rings. The van der Waals surface area contributed by atoms with E-state index in [1.165, 1.54) is 10.4 Å². The van der Waals surface area contributed by atoms with Gasteiger partial charge in [0.1, 0.15) is 4.83 Å². The average Bonchev–Trinajstić information content (AvgIpc) is 3.41. The standard InChI is InChI=1S/C18H19N5O2S/c1-10-11(2)26-17-14(10)16-20-15(13-6-4-8-25-13)22-23(16)18(21-17)19-9-12-5-3-7-24-12/h4,6,8,12H,3,5,7,9H2,1-2H3,(H,19,21)/t12-/m0/s1. The van der Waals surface area contributed by atoms with Gasteiger partial charge in [-0.3, -0.25) is 0 Å². The van der Waals surface area contributed by atoms with Crippen LogP contribution in [0.1, 0.15) is 23.3 Å². The molecule has 5 heterocycles. The van der Waals surface area contributed by atoms with Gasteiger partial charge in [0, 0.05) is 18.0 Å². The van der Waals surface area contributed by atoms with Crippen LogP contribution in [0.5, 0.6) is 0 Å². The largest absolute Gasteiger partial charge is 0.461 e. The number of hydrogen-bond acceptors (Lipinski definition) is 7. The van der Waals surface area contributed by atoms with Crippen molar-refractivity contribution in [2.24, 2.45) is 0 Å². The van der Waals surface area contributed by atoms with Crippen molar-refractivity contribution in [1.29, 1.82) is 0 Å². The molecule has 7 nitrogen and oxygen atoms in total. The van der Waals surface area contributed by atoms with Crippen LogP contribution in [-0.4, -0.2) is 38.8 Å². The normalized spacial score (nSPS) is 17.5. The Balaban J connectivity index is 1.66. The zero-order valence-corrected chi connectivity index (χ0v) is 15.5. The van der Waals surface area contributed by atoms with Gasteiger partial charge in [-0.05, 0) is 44.4 Å². The first-order valence-corrected chi connectivity index (χ1v) is 9.58. The molecule has 0 unspecified atom stereocenters. The van der Waals surface area contributed by atoms with Crippen LogP contribution in [0.3, 0.4) is 0 Å². The highest BCUT2D eigenvalue weighted by Crippen LogP contribution is 2.33. The third-order valence-electron chi connectivity index (χ3n) is 4.86. The Kier molecular flexibility index (Phi) is 3.68. The van der Waals surface area contributed by atoms with Crippen molar-refractivity contribution in [3.05, 3.63) is 28.8 Å². The molecule has 0 saturated carbocycles. The van der Waals surface area contributed by atoms with E-state index >= 15 is 0 Å². The molecule has 26 heavy (non-hydrogen) atoms. The number of fused-ring (bicyclic) bond motifs is 3. The minimum absolute atomic E-state index is 0.224. The van der Waals surface area contributed by atoms with Gasteiger partial charge < -0.3 is 14.5 Å². The number of nitrogens with zero attached hydrogens (tertiary/aromatic N) is 4. The molecule has 8 heteroatoms. The molecule has 1 aliphatic rings. The molecule has 1 N–H and O–H groups in total. The number of aromatic nitrogens is 4. The second-order valence-electron chi connectivity index (χ2n) is 6.56. The highest BCUT2D eigenvalue weighted by atomic mass is 32.1. The lowest BCUT2D eigenvalue weighted by Crippen LogP contribution is -2.20. The summed E-state index contributed by atoms with van der Waals surface area (Å²) in [6.45, 7) is 5.77. The van der Waals surface area contributed by atoms with E-state index in [1.807, 2.05) is 12.1 Å². The van der Waals surface area contributed by atoms with Gasteiger partial charge in [-0.1, -0.05) is 0 Å². The second kappa shape index (κ2) is 6.07. The van der Waals surface area contributed by atoms with Crippen molar-refractivity contribution in [3.63, 3.8) is 0 Å². The lowest BCUT2D eigenvalue weighted by molar-refractivity contribution is 0.120. The van der Waals surface area contributed by atoms with Crippen molar-refractivity contribution < 1.29 is 9.15 Å². The topological polar surface area (TPSA) is 77.5 Å². The Hall–Kier alpha value is -2.45. The first-order chi connectivity index (χ1) is 12.7. The number of rotatable bonds is 4. The van der Waals surface area contributed by atoms with Crippen LogP contribution >= 0.6 is 11.3 Å². The van der Waals surface area contributed by atoms with Crippen LogP contribution in [0.25, 0.3) is 27.4 Å². The zero-order chi connectivity index (χ0) is 17.7. The van der Waals surface area contributed by atoms with Crippen LogP contribution < -0.4 is 5.32 Å². The number of hydrogen-bond donors (Lipinski definition) is 1. The van der Waals surface area contributed by atoms with Crippen molar-refractivity contribution in [3.8, 4) is 11.6 Å². The van der Waals surface area contributed by atoms with Gasteiger partial charge in [0.15, 0.2) is 11.4 Å². The Labute approximate surface area is 154 Å². The van der Waals surface area contributed by atoms with E-state index < -0.39 is 0 Å². The van der Waals surface area contributed by atoms with Crippen LogP contribution in [-0.2, 0) is 4.74 Å². The van der Waals surface area contributed by atoms with E-state index in [9.17, 15) is 0 Å². The quantitative estimate of drug-likeness (QED) is 0.589. The number of furan rings is 1. The number of aryl methyl sites for hydroxylation is 2. The maximum absolute atomic E-state index is 5.71. The zero-order valence-electron chi connectivity index (χ0n) is 14.7. The molecule has 0 bridgehead atoms. The molecular formula is C18H19N5O2S. The molecule has 4 aromatic rings. The van der Waals surface area contributed by atoms with Gasteiger partial charge in [-0.2, -0.15) is 4.52 Å². The fourth-order valence-corrected chi connectivity index (χ4v) is 4.37. The summed E-state index contributed by atoms with van der Waals surface area (Å²) >= 11 is 1.69. The molecule has 4 aromatic heterocycles. The maximum atomic E-state index is 5.71. The smallest absolute Gasteiger partial charge is 0.227 e. The Morgan fingerprint density at radius 1 is 1.35 bits per heavy atom. The summed E-state index contributed by atoms with van der Waals surface area (Å²) in [5, 5.41) is 9.12. The minimum atomic E-state index is 0.224. The van der Waals surface area contributed by atoms with Crippen LogP contribution in [0.4, 0.5) is 5.95 Å². The van der Waals surface area contributed by atoms with E-state index in [-0.39, 0.29) is 6.10 Å². The summed E-state index contributed by atoms with van der Waals surface area (Å²) in [6, 6.07) is 3.70.